The summed E-state index contributed by atoms with van der Waals surface area (Å²) in [5.41, 5.74) is 2.97. The summed E-state index contributed by atoms with van der Waals surface area (Å²) >= 11 is 1.22. The van der Waals surface area contributed by atoms with Gasteiger partial charge in [-0.15, -0.1) is 0 Å². The van der Waals surface area contributed by atoms with Gasteiger partial charge in [0.15, 0.2) is 5.16 Å². The summed E-state index contributed by atoms with van der Waals surface area (Å²) < 4.78 is 8.91. The molecule has 0 unspecified atom stereocenters. The minimum Gasteiger partial charge on any atom is -0.508 e. The van der Waals surface area contributed by atoms with Crippen LogP contribution in [0, 0.1) is 0 Å². The molecule has 194 valence electrons. The number of nitrogens with zero attached hydrogens (tertiary/aromatic N) is 3. The highest BCUT2D eigenvalue weighted by molar-refractivity contribution is 7.99. The van der Waals surface area contributed by atoms with E-state index < -0.39 is 0 Å². The van der Waals surface area contributed by atoms with Crippen molar-refractivity contribution < 1.29 is 14.3 Å². The van der Waals surface area contributed by atoms with E-state index in [1.165, 1.54) is 28.8 Å². The first kappa shape index (κ1) is 24.4. The van der Waals surface area contributed by atoms with Gasteiger partial charge in [-0.25, -0.2) is 4.98 Å². The Morgan fingerprint density at radius 2 is 1.97 bits per heavy atom. The van der Waals surface area contributed by atoms with Gasteiger partial charge in [-0.1, -0.05) is 37.1 Å². The van der Waals surface area contributed by atoms with E-state index >= 15 is 0 Å². The molecule has 1 aliphatic rings. The molecule has 0 atom stereocenters. The highest BCUT2D eigenvalue weighted by Crippen LogP contribution is 2.32. The lowest BCUT2D eigenvalue weighted by Gasteiger charge is -2.22. The number of fused-ring (bicyclic) bond motifs is 3. The Morgan fingerprint density at radius 3 is 2.74 bits per heavy atom. The predicted molar refractivity (Wildman–Crippen MR) is 149 cm³/mol. The fourth-order valence-electron chi connectivity index (χ4n) is 5.32. The monoisotopic (exact) mass is 528 g/mol. The normalized spacial score (nSPS) is 14.3. The van der Waals surface area contributed by atoms with Gasteiger partial charge in [0.2, 0.25) is 5.91 Å². The topological polar surface area (TPSA) is 102 Å². The molecular formula is C29H28N4O4S. The standard InChI is InChI=1S/C29H28N4O4S/c1-32-23-13-12-18(24-11-6-14-37-24)15-22(23)26-27(32)28(36)33(20-9-5-10-21(34)16-20)29(31-26)38-17-25(35)30-19-7-3-2-4-8-19/h5-6,9-16,19,34H,2-4,7-8,17H2,1H3,(H,30,35). The van der Waals surface area contributed by atoms with Crippen molar-refractivity contribution in [2.24, 2.45) is 7.05 Å². The zero-order chi connectivity index (χ0) is 26.2. The molecule has 9 heteroatoms. The van der Waals surface area contributed by atoms with Crippen molar-refractivity contribution in [1.82, 2.24) is 19.4 Å². The molecule has 3 heterocycles. The van der Waals surface area contributed by atoms with Gasteiger partial charge < -0.3 is 19.4 Å². The van der Waals surface area contributed by atoms with Crippen LogP contribution in [-0.4, -0.2) is 36.9 Å². The average Bonchev–Trinajstić information content (AvgIpc) is 3.55. The number of aromatic nitrogens is 3. The van der Waals surface area contributed by atoms with Crippen LogP contribution >= 0.6 is 11.8 Å². The molecule has 2 aromatic carbocycles. The Bertz CT molecular complexity index is 1700. The number of carbonyl (C=O) groups is 1. The number of hydrogen-bond acceptors (Lipinski definition) is 6. The van der Waals surface area contributed by atoms with Crippen LogP contribution in [0.2, 0.25) is 0 Å². The van der Waals surface area contributed by atoms with Crippen molar-refractivity contribution in [3.05, 3.63) is 71.2 Å². The van der Waals surface area contributed by atoms with Crippen LogP contribution in [0.25, 0.3) is 38.9 Å². The maximum atomic E-state index is 14.0. The number of rotatable bonds is 6. The van der Waals surface area contributed by atoms with Crippen molar-refractivity contribution in [1.29, 1.82) is 0 Å². The molecule has 0 aliphatic heterocycles. The van der Waals surface area contributed by atoms with Crippen LogP contribution in [0.3, 0.4) is 0 Å². The molecule has 38 heavy (non-hydrogen) atoms. The summed E-state index contributed by atoms with van der Waals surface area (Å²) in [6, 6.07) is 16.3. The van der Waals surface area contributed by atoms with E-state index in [0.29, 0.717) is 21.9 Å². The van der Waals surface area contributed by atoms with E-state index in [0.717, 1.165) is 47.9 Å². The van der Waals surface area contributed by atoms with Gasteiger partial charge >= 0.3 is 0 Å². The second-order valence-electron chi connectivity index (χ2n) is 9.71. The Hall–Kier alpha value is -3.98. The first-order valence-electron chi connectivity index (χ1n) is 12.8. The molecular weight excluding hydrogens is 500 g/mol. The van der Waals surface area contributed by atoms with Crippen molar-refractivity contribution in [2.45, 2.75) is 43.3 Å². The fourth-order valence-corrected chi connectivity index (χ4v) is 6.14. The SMILES string of the molecule is Cn1c2ccc(-c3ccco3)cc2c2nc(SCC(=O)NC3CCCCC3)n(-c3cccc(O)c3)c(=O)c21. The van der Waals surface area contributed by atoms with Crippen LogP contribution < -0.4 is 10.9 Å². The Kier molecular flexibility index (Phi) is 6.45. The predicted octanol–water partition coefficient (Wildman–Crippen LogP) is 5.38. The molecule has 5 aromatic rings. The minimum atomic E-state index is -0.269. The summed E-state index contributed by atoms with van der Waals surface area (Å²) in [4.78, 5) is 31.8. The number of carbonyl (C=O) groups excluding carboxylic acids is 1. The second kappa shape index (κ2) is 10.1. The lowest BCUT2D eigenvalue weighted by Crippen LogP contribution is -2.37. The van der Waals surface area contributed by atoms with Gasteiger partial charge in [0.05, 0.1) is 23.2 Å². The Balaban J connectivity index is 1.47. The van der Waals surface area contributed by atoms with Crippen LogP contribution in [0.1, 0.15) is 32.1 Å². The van der Waals surface area contributed by atoms with Crippen molar-refractivity contribution in [3.8, 4) is 22.8 Å². The first-order chi connectivity index (χ1) is 18.5. The van der Waals surface area contributed by atoms with E-state index in [1.54, 1.807) is 24.5 Å². The van der Waals surface area contributed by atoms with Crippen molar-refractivity contribution in [2.75, 3.05) is 5.75 Å². The molecule has 2 N–H and O–H groups in total. The van der Waals surface area contributed by atoms with E-state index in [2.05, 4.69) is 5.32 Å². The third kappa shape index (κ3) is 4.47. The molecule has 1 fully saturated rings. The third-order valence-electron chi connectivity index (χ3n) is 7.17. The molecule has 8 nitrogen and oxygen atoms in total. The number of phenols is 1. The summed E-state index contributed by atoms with van der Waals surface area (Å²) in [6.45, 7) is 0. The van der Waals surface area contributed by atoms with E-state index in [-0.39, 0.29) is 29.0 Å². The largest absolute Gasteiger partial charge is 0.508 e. The molecule has 0 spiro atoms. The molecule has 1 aliphatic carbocycles. The second-order valence-corrected chi connectivity index (χ2v) is 10.7. The smallest absolute Gasteiger partial charge is 0.283 e. The molecule has 3 aromatic heterocycles. The molecule has 0 bridgehead atoms. The van der Waals surface area contributed by atoms with Crippen LogP contribution in [0.5, 0.6) is 5.75 Å². The Labute approximate surface area is 223 Å². The summed E-state index contributed by atoms with van der Waals surface area (Å²) in [6.07, 6.45) is 7.12. The summed E-state index contributed by atoms with van der Waals surface area (Å²) in [5.74, 6) is 0.832. The number of aryl methyl sites for hydroxylation is 1. The number of furan rings is 1. The lowest BCUT2D eigenvalue weighted by atomic mass is 9.95. The van der Waals surface area contributed by atoms with Gasteiger partial charge in [-0.2, -0.15) is 0 Å². The maximum absolute atomic E-state index is 14.0. The third-order valence-corrected chi connectivity index (χ3v) is 8.11. The number of hydrogen-bond donors (Lipinski definition) is 2. The highest BCUT2D eigenvalue weighted by Gasteiger charge is 2.22. The van der Waals surface area contributed by atoms with Crippen molar-refractivity contribution in [3.63, 3.8) is 0 Å². The molecule has 1 amide bonds. The van der Waals surface area contributed by atoms with E-state index in [4.69, 9.17) is 9.40 Å². The number of nitrogens with one attached hydrogen (secondary N) is 1. The minimum absolute atomic E-state index is 0.0422. The lowest BCUT2D eigenvalue weighted by molar-refractivity contribution is -0.119. The molecule has 0 saturated heterocycles. The Morgan fingerprint density at radius 1 is 1.13 bits per heavy atom. The first-order valence-corrected chi connectivity index (χ1v) is 13.8. The van der Waals surface area contributed by atoms with Crippen LogP contribution in [-0.2, 0) is 11.8 Å². The van der Waals surface area contributed by atoms with E-state index in [1.807, 2.05) is 41.9 Å². The number of thioether (sulfide) groups is 1. The number of amides is 1. The quantitative estimate of drug-likeness (QED) is 0.227. The van der Waals surface area contributed by atoms with E-state index in [9.17, 15) is 14.7 Å². The molecule has 0 radical (unpaired) electrons. The van der Waals surface area contributed by atoms with Crippen LogP contribution in [0.15, 0.2) is 75.2 Å². The zero-order valence-electron chi connectivity index (χ0n) is 21.0. The maximum Gasteiger partial charge on any atom is 0.283 e. The fraction of sp³-hybridized carbons (Fsp3) is 0.276. The van der Waals surface area contributed by atoms with Gasteiger partial charge in [0.25, 0.3) is 5.56 Å². The summed E-state index contributed by atoms with van der Waals surface area (Å²) in [7, 11) is 1.84. The van der Waals surface area contributed by atoms with Gasteiger partial charge in [-0.3, -0.25) is 14.2 Å². The number of aromatic hydroxyl groups is 1. The van der Waals surface area contributed by atoms with Crippen molar-refractivity contribution >= 4 is 39.6 Å². The number of phenolic OH excluding ortho intramolecular Hbond substituents is 1. The summed E-state index contributed by atoms with van der Waals surface area (Å²) in [5, 5.41) is 14.5. The zero-order valence-corrected chi connectivity index (χ0v) is 21.8. The van der Waals surface area contributed by atoms with Gasteiger partial charge in [-0.05, 0) is 55.3 Å². The van der Waals surface area contributed by atoms with Crippen LogP contribution in [0.4, 0.5) is 0 Å². The molecule has 1 saturated carbocycles. The average molecular weight is 529 g/mol. The molecule has 6 rings (SSSR count). The highest BCUT2D eigenvalue weighted by atomic mass is 32.2. The van der Waals surface area contributed by atoms with Gasteiger partial charge in [0.1, 0.15) is 22.5 Å². The number of benzene rings is 2. The van der Waals surface area contributed by atoms with Gasteiger partial charge in [0, 0.05) is 30.1 Å².